The Kier molecular flexibility index (Phi) is 4.02. The van der Waals surface area contributed by atoms with Crippen molar-refractivity contribution in [2.45, 2.75) is 31.3 Å². The van der Waals surface area contributed by atoms with Crippen LogP contribution in [0.4, 0.5) is 0 Å². The zero-order valence-corrected chi connectivity index (χ0v) is 8.80. The third kappa shape index (κ3) is 3.74. The van der Waals surface area contributed by atoms with Gasteiger partial charge in [-0.2, -0.15) is 0 Å². The number of carbonyl (C=O) groups is 4. The molecular weight excluding hydrogens is 232 g/mol. The first-order valence-electron chi connectivity index (χ1n) is 4.94. The van der Waals surface area contributed by atoms with Crippen LogP contribution in [0.5, 0.6) is 0 Å². The van der Waals surface area contributed by atoms with Crippen LogP contribution in [0.2, 0.25) is 0 Å². The highest BCUT2D eigenvalue weighted by molar-refractivity contribution is 5.93. The van der Waals surface area contributed by atoms with E-state index in [4.69, 9.17) is 10.2 Å². The van der Waals surface area contributed by atoms with Crippen molar-refractivity contribution in [1.29, 1.82) is 0 Å². The van der Waals surface area contributed by atoms with Crippen molar-refractivity contribution in [2.24, 2.45) is 0 Å². The van der Waals surface area contributed by atoms with Gasteiger partial charge in [0.1, 0.15) is 12.1 Å². The van der Waals surface area contributed by atoms with Gasteiger partial charge in [-0.3, -0.25) is 14.4 Å². The number of amides is 2. The molecule has 1 unspecified atom stereocenters. The smallest absolute Gasteiger partial charge is 0.326 e. The Hall–Kier alpha value is -2.12. The van der Waals surface area contributed by atoms with Gasteiger partial charge in [0.15, 0.2) is 0 Å². The van der Waals surface area contributed by atoms with E-state index in [-0.39, 0.29) is 18.7 Å². The number of nitrogens with one attached hydrogen (secondary N) is 2. The summed E-state index contributed by atoms with van der Waals surface area (Å²) in [6.45, 7) is 0. The summed E-state index contributed by atoms with van der Waals surface area (Å²) in [5.74, 6) is -3.71. The first-order valence-corrected chi connectivity index (χ1v) is 4.94. The molecular formula is C9H12N2O6. The second kappa shape index (κ2) is 5.28. The molecule has 4 N–H and O–H groups in total. The molecule has 8 heteroatoms. The number of hydrogen-bond donors (Lipinski definition) is 4. The Balaban J connectivity index is 2.55. The molecule has 1 aliphatic rings. The summed E-state index contributed by atoms with van der Waals surface area (Å²) in [4.78, 5) is 43.4. The molecule has 0 bridgehead atoms. The lowest BCUT2D eigenvalue weighted by atomic mass is 10.1. The summed E-state index contributed by atoms with van der Waals surface area (Å²) in [6, 6.07) is -2.27. The Morgan fingerprint density at radius 1 is 1.41 bits per heavy atom. The van der Waals surface area contributed by atoms with Crippen LogP contribution in [0.15, 0.2) is 0 Å². The van der Waals surface area contributed by atoms with Gasteiger partial charge < -0.3 is 20.8 Å². The van der Waals surface area contributed by atoms with Crippen molar-refractivity contribution >= 4 is 23.8 Å². The van der Waals surface area contributed by atoms with Gasteiger partial charge in [0.2, 0.25) is 11.8 Å². The minimum atomic E-state index is -1.49. The quantitative estimate of drug-likeness (QED) is 0.456. The summed E-state index contributed by atoms with van der Waals surface area (Å²) in [6.07, 6.45) is -0.222. The van der Waals surface area contributed by atoms with Gasteiger partial charge in [0.05, 0.1) is 6.42 Å². The molecule has 1 fully saturated rings. The van der Waals surface area contributed by atoms with Crippen LogP contribution in [-0.2, 0) is 19.2 Å². The van der Waals surface area contributed by atoms with Gasteiger partial charge in [-0.05, 0) is 6.42 Å². The summed E-state index contributed by atoms with van der Waals surface area (Å²) in [7, 11) is 0. The number of rotatable bonds is 5. The van der Waals surface area contributed by atoms with Crippen molar-refractivity contribution in [3.05, 3.63) is 0 Å². The van der Waals surface area contributed by atoms with E-state index in [1.54, 1.807) is 0 Å². The summed E-state index contributed by atoms with van der Waals surface area (Å²) >= 11 is 0. The monoisotopic (exact) mass is 244 g/mol. The number of hydrogen-bond acceptors (Lipinski definition) is 4. The molecule has 0 saturated carbocycles. The van der Waals surface area contributed by atoms with E-state index in [0.717, 1.165) is 0 Å². The second-order valence-electron chi connectivity index (χ2n) is 3.66. The largest absolute Gasteiger partial charge is 0.481 e. The van der Waals surface area contributed by atoms with Crippen LogP contribution in [-0.4, -0.2) is 46.0 Å². The molecule has 1 aliphatic heterocycles. The molecule has 94 valence electrons. The second-order valence-corrected chi connectivity index (χ2v) is 3.66. The van der Waals surface area contributed by atoms with Crippen LogP contribution in [0, 0.1) is 0 Å². The van der Waals surface area contributed by atoms with Gasteiger partial charge in [-0.15, -0.1) is 0 Å². The predicted octanol–water partition coefficient (Wildman–Crippen LogP) is -1.69. The third-order valence-electron chi connectivity index (χ3n) is 2.31. The zero-order chi connectivity index (χ0) is 13.0. The standard InChI is InChI=1S/C9H12N2O6/c12-6-2-1-4(10-6)8(15)11-5(9(16)17)3-7(13)14/h4-5H,1-3H2,(H,10,12)(H,11,15)(H,13,14)(H,16,17)/t4?,5-/m0/s1. The lowest BCUT2D eigenvalue weighted by Crippen LogP contribution is -2.49. The Morgan fingerprint density at radius 3 is 2.47 bits per heavy atom. The minimum absolute atomic E-state index is 0.203. The fourth-order valence-corrected chi connectivity index (χ4v) is 1.46. The maximum Gasteiger partial charge on any atom is 0.326 e. The average molecular weight is 244 g/mol. The number of carboxylic acids is 2. The van der Waals surface area contributed by atoms with Gasteiger partial charge in [-0.25, -0.2) is 4.79 Å². The molecule has 2 amide bonds. The normalized spacial score (nSPS) is 20.5. The molecule has 0 aromatic carbocycles. The molecule has 17 heavy (non-hydrogen) atoms. The van der Waals surface area contributed by atoms with E-state index >= 15 is 0 Å². The lowest BCUT2D eigenvalue weighted by molar-refractivity contribution is -0.147. The number of aliphatic carboxylic acids is 2. The van der Waals surface area contributed by atoms with Crippen molar-refractivity contribution in [3.63, 3.8) is 0 Å². The molecule has 8 nitrogen and oxygen atoms in total. The van der Waals surface area contributed by atoms with Crippen LogP contribution in [0.25, 0.3) is 0 Å². The van der Waals surface area contributed by atoms with Crippen LogP contribution < -0.4 is 10.6 Å². The van der Waals surface area contributed by atoms with Crippen LogP contribution in [0.1, 0.15) is 19.3 Å². The maximum atomic E-state index is 11.5. The van der Waals surface area contributed by atoms with E-state index < -0.39 is 36.4 Å². The summed E-state index contributed by atoms with van der Waals surface area (Å²) in [5.41, 5.74) is 0. The van der Waals surface area contributed by atoms with Crippen LogP contribution in [0.3, 0.4) is 0 Å². The SMILES string of the molecule is O=C(O)C[C@H](NC(=O)C1CCC(=O)N1)C(=O)O. The number of carbonyl (C=O) groups excluding carboxylic acids is 2. The van der Waals surface area contributed by atoms with Crippen molar-refractivity contribution in [3.8, 4) is 0 Å². The third-order valence-corrected chi connectivity index (χ3v) is 2.31. The first kappa shape index (κ1) is 12.9. The van der Waals surface area contributed by atoms with Gasteiger partial charge >= 0.3 is 11.9 Å². The highest BCUT2D eigenvalue weighted by Crippen LogP contribution is 2.07. The number of carboxylic acid groups (broad SMARTS) is 2. The van der Waals surface area contributed by atoms with E-state index in [0.29, 0.717) is 0 Å². The minimum Gasteiger partial charge on any atom is -0.481 e. The molecule has 1 heterocycles. The molecule has 0 spiro atoms. The molecule has 0 aliphatic carbocycles. The fourth-order valence-electron chi connectivity index (χ4n) is 1.46. The Morgan fingerprint density at radius 2 is 2.06 bits per heavy atom. The predicted molar refractivity (Wildman–Crippen MR) is 53.0 cm³/mol. The highest BCUT2D eigenvalue weighted by Gasteiger charge is 2.31. The first-order chi connectivity index (χ1) is 7.90. The summed E-state index contributed by atoms with van der Waals surface area (Å²) in [5, 5.41) is 21.6. The van der Waals surface area contributed by atoms with Gasteiger partial charge in [0, 0.05) is 6.42 Å². The van der Waals surface area contributed by atoms with Crippen molar-refractivity contribution in [2.75, 3.05) is 0 Å². The molecule has 0 radical (unpaired) electrons. The summed E-state index contributed by atoms with van der Waals surface area (Å²) < 4.78 is 0. The molecule has 0 aromatic rings. The van der Waals surface area contributed by atoms with E-state index in [2.05, 4.69) is 10.6 Å². The van der Waals surface area contributed by atoms with E-state index in [1.165, 1.54) is 0 Å². The van der Waals surface area contributed by atoms with Crippen molar-refractivity contribution < 1.29 is 29.4 Å². The highest BCUT2D eigenvalue weighted by atomic mass is 16.4. The Labute approximate surface area is 96.0 Å². The maximum absolute atomic E-state index is 11.5. The zero-order valence-electron chi connectivity index (χ0n) is 8.80. The van der Waals surface area contributed by atoms with Gasteiger partial charge in [-0.1, -0.05) is 0 Å². The molecule has 2 atom stereocenters. The fraction of sp³-hybridized carbons (Fsp3) is 0.556. The van der Waals surface area contributed by atoms with Crippen LogP contribution >= 0.6 is 0 Å². The average Bonchev–Trinajstić information content (AvgIpc) is 2.63. The topological polar surface area (TPSA) is 133 Å². The van der Waals surface area contributed by atoms with E-state index in [1.807, 2.05) is 0 Å². The molecule has 1 saturated heterocycles. The molecule has 0 aromatic heterocycles. The Bertz CT molecular complexity index is 366. The molecule has 1 rings (SSSR count). The van der Waals surface area contributed by atoms with Gasteiger partial charge in [0.25, 0.3) is 0 Å². The lowest BCUT2D eigenvalue weighted by Gasteiger charge is -2.15. The van der Waals surface area contributed by atoms with Crippen molar-refractivity contribution in [1.82, 2.24) is 10.6 Å². The van der Waals surface area contributed by atoms with E-state index in [9.17, 15) is 19.2 Å².